The van der Waals surface area contributed by atoms with Gasteiger partial charge in [-0.1, -0.05) is 24.3 Å². The summed E-state index contributed by atoms with van der Waals surface area (Å²) >= 11 is 3.26. The average molecular weight is 373 g/mol. The molecule has 0 radical (unpaired) electrons. The van der Waals surface area contributed by atoms with Crippen LogP contribution >= 0.6 is 15.9 Å². The maximum absolute atomic E-state index is 12.1. The number of halogens is 1. The summed E-state index contributed by atoms with van der Waals surface area (Å²) < 4.78 is 5.75. The van der Waals surface area contributed by atoms with Gasteiger partial charge in [0.15, 0.2) is 6.10 Å². The predicted molar refractivity (Wildman–Crippen MR) is 88.8 cm³/mol. The van der Waals surface area contributed by atoms with Crippen LogP contribution in [0.2, 0.25) is 0 Å². The molecule has 23 heavy (non-hydrogen) atoms. The molecule has 0 saturated carbocycles. The van der Waals surface area contributed by atoms with E-state index >= 15 is 0 Å². The van der Waals surface area contributed by atoms with E-state index in [1.807, 2.05) is 6.07 Å². The first-order chi connectivity index (χ1) is 11.0. The molecule has 2 aromatic carbocycles. The minimum absolute atomic E-state index is 0.338. The molecule has 0 heterocycles. The first-order valence-electron chi connectivity index (χ1n) is 6.78. The highest BCUT2D eigenvalue weighted by molar-refractivity contribution is 9.10. The van der Waals surface area contributed by atoms with E-state index in [4.69, 9.17) is 10.00 Å². The smallest absolute Gasteiger partial charge is 0.340 e. The number of para-hydroxylation sites is 1. The molecule has 0 spiro atoms. The van der Waals surface area contributed by atoms with Crippen molar-refractivity contribution < 1.29 is 14.3 Å². The lowest BCUT2D eigenvalue weighted by Crippen LogP contribution is -2.30. The fourth-order valence-electron chi connectivity index (χ4n) is 1.83. The van der Waals surface area contributed by atoms with Crippen LogP contribution in [0.4, 0.5) is 5.69 Å². The number of anilines is 1. The molecule has 1 atom stereocenters. The van der Waals surface area contributed by atoms with Gasteiger partial charge >= 0.3 is 5.97 Å². The molecule has 0 bridgehead atoms. The highest BCUT2D eigenvalue weighted by atomic mass is 79.9. The summed E-state index contributed by atoms with van der Waals surface area (Å²) in [6.07, 6.45) is -0.999. The number of nitriles is 1. The molecule has 0 aromatic heterocycles. The van der Waals surface area contributed by atoms with Gasteiger partial charge in [-0.15, -0.1) is 0 Å². The van der Waals surface area contributed by atoms with E-state index < -0.39 is 18.0 Å². The Morgan fingerprint density at radius 1 is 1.17 bits per heavy atom. The third-order valence-corrected chi connectivity index (χ3v) is 3.74. The molecule has 0 aliphatic rings. The van der Waals surface area contributed by atoms with Gasteiger partial charge in [-0.05, 0) is 47.1 Å². The Hall–Kier alpha value is -2.65. The van der Waals surface area contributed by atoms with Gasteiger partial charge in [0.25, 0.3) is 5.91 Å². The SMILES string of the molecule is C[C@H](OC(=O)c1ccccc1Br)C(=O)Nc1ccccc1C#N. The number of carbonyl (C=O) groups is 2. The van der Waals surface area contributed by atoms with Crippen LogP contribution in [0.15, 0.2) is 53.0 Å². The van der Waals surface area contributed by atoms with E-state index in [9.17, 15) is 9.59 Å². The van der Waals surface area contributed by atoms with Crippen LogP contribution in [-0.4, -0.2) is 18.0 Å². The highest BCUT2D eigenvalue weighted by Crippen LogP contribution is 2.18. The molecular formula is C17H13BrN2O3. The minimum Gasteiger partial charge on any atom is -0.449 e. The second-order valence-electron chi connectivity index (χ2n) is 4.67. The zero-order valence-electron chi connectivity index (χ0n) is 12.2. The van der Waals surface area contributed by atoms with Gasteiger partial charge in [-0.2, -0.15) is 5.26 Å². The second kappa shape index (κ2) is 7.56. The Balaban J connectivity index is 2.05. The summed E-state index contributed by atoms with van der Waals surface area (Å²) in [4.78, 5) is 24.2. The van der Waals surface area contributed by atoms with Crippen molar-refractivity contribution in [2.75, 3.05) is 5.32 Å². The maximum atomic E-state index is 12.1. The number of ether oxygens (including phenoxy) is 1. The molecule has 2 aromatic rings. The van der Waals surface area contributed by atoms with E-state index in [1.165, 1.54) is 6.92 Å². The van der Waals surface area contributed by atoms with Crippen LogP contribution in [0, 0.1) is 11.3 Å². The number of nitrogens with zero attached hydrogens (tertiary/aromatic N) is 1. The topological polar surface area (TPSA) is 79.2 Å². The van der Waals surface area contributed by atoms with E-state index in [-0.39, 0.29) is 0 Å². The van der Waals surface area contributed by atoms with Crippen LogP contribution in [-0.2, 0) is 9.53 Å². The van der Waals surface area contributed by atoms with Crippen molar-refractivity contribution in [2.45, 2.75) is 13.0 Å². The fourth-order valence-corrected chi connectivity index (χ4v) is 2.27. The Bertz CT molecular complexity index is 783. The van der Waals surface area contributed by atoms with Crippen LogP contribution in [0.25, 0.3) is 0 Å². The van der Waals surface area contributed by atoms with Crippen molar-refractivity contribution >= 4 is 33.5 Å². The molecule has 0 saturated heterocycles. The van der Waals surface area contributed by atoms with Gasteiger partial charge in [0.1, 0.15) is 6.07 Å². The molecule has 0 unspecified atom stereocenters. The van der Waals surface area contributed by atoms with Gasteiger partial charge in [-0.25, -0.2) is 4.79 Å². The molecule has 0 aliphatic carbocycles. The number of carbonyl (C=O) groups excluding carboxylic acids is 2. The number of benzene rings is 2. The number of hydrogen-bond acceptors (Lipinski definition) is 4. The monoisotopic (exact) mass is 372 g/mol. The molecule has 5 nitrogen and oxygen atoms in total. The summed E-state index contributed by atoms with van der Waals surface area (Å²) in [6, 6.07) is 15.4. The molecule has 116 valence electrons. The maximum Gasteiger partial charge on any atom is 0.340 e. The zero-order valence-corrected chi connectivity index (χ0v) is 13.8. The Labute approximate surface area is 142 Å². The van der Waals surface area contributed by atoms with Gasteiger partial charge in [0, 0.05) is 4.47 Å². The largest absolute Gasteiger partial charge is 0.449 e. The number of amides is 1. The van der Waals surface area contributed by atoms with E-state index in [2.05, 4.69) is 21.2 Å². The van der Waals surface area contributed by atoms with Crippen molar-refractivity contribution in [1.82, 2.24) is 0 Å². The number of nitrogens with one attached hydrogen (secondary N) is 1. The molecule has 2 rings (SSSR count). The van der Waals surface area contributed by atoms with Gasteiger partial charge in [-0.3, -0.25) is 4.79 Å². The van der Waals surface area contributed by atoms with E-state index in [1.54, 1.807) is 48.5 Å². The summed E-state index contributed by atoms with van der Waals surface area (Å²) in [5.41, 5.74) is 1.05. The lowest BCUT2D eigenvalue weighted by atomic mass is 10.2. The first kappa shape index (κ1) is 16.7. The summed E-state index contributed by atoms with van der Waals surface area (Å²) in [6.45, 7) is 1.47. The number of hydrogen-bond donors (Lipinski definition) is 1. The summed E-state index contributed by atoms with van der Waals surface area (Å²) in [5.74, 6) is -1.11. The molecule has 1 amide bonds. The van der Waals surface area contributed by atoms with E-state index in [0.29, 0.717) is 21.3 Å². The van der Waals surface area contributed by atoms with Gasteiger partial charge in [0.05, 0.1) is 16.8 Å². The van der Waals surface area contributed by atoms with Gasteiger partial charge < -0.3 is 10.1 Å². The average Bonchev–Trinajstić information content (AvgIpc) is 2.55. The lowest BCUT2D eigenvalue weighted by molar-refractivity contribution is -0.123. The van der Waals surface area contributed by atoms with Crippen LogP contribution in [0.1, 0.15) is 22.8 Å². The Kier molecular flexibility index (Phi) is 5.50. The Morgan fingerprint density at radius 3 is 2.52 bits per heavy atom. The zero-order chi connectivity index (χ0) is 16.8. The van der Waals surface area contributed by atoms with Crippen molar-refractivity contribution in [3.05, 3.63) is 64.1 Å². The van der Waals surface area contributed by atoms with Crippen molar-refractivity contribution in [1.29, 1.82) is 5.26 Å². The standard InChI is InChI=1S/C17H13BrN2O3/c1-11(23-17(22)13-7-3-4-8-14(13)18)16(21)20-15-9-5-2-6-12(15)10-19/h2-9,11H,1H3,(H,20,21)/t11-/m0/s1. The van der Waals surface area contributed by atoms with Crippen LogP contribution in [0.5, 0.6) is 0 Å². The third kappa shape index (κ3) is 4.18. The summed E-state index contributed by atoms with van der Waals surface area (Å²) in [7, 11) is 0. The predicted octanol–water partition coefficient (Wildman–Crippen LogP) is 3.50. The summed E-state index contributed by atoms with van der Waals surface area (Å²) in [5, 5.41) is 11.6. The molecule has 0 aliphatic heterocycles. The van der Waals surface area contributed by atoms with Gasteiger partial charge in [0.2, 0.25) is 0 Å². The number of rotatable bonds is 4. The Morgan fingerprint density at radius 2 is 1.83 bits per heavy atom. The van der Waals surface area contributed by atoms with Crippen molar-refractivity contribution in [2.24, 2.45) is 0 Å². The van der Waals surface area contributed by atoms with Crippen molar-refractivity contribution in [3.63, 3.8) is 0 Å². The fraction of sp³-hybridized carbons (Fsp3) is 0.118. The highest BCUT2D eigenvalue weighted by Gasteiger charge is 2.20. The second-order valence-corrected chi connectivity index (χ2v) is 5.53. The third-order valence-electron chi connectivity index (χ3n) is 3.05. The van der Waals surface area contributed by atoms with Crippen LogP contribution < -0.4 is 5.32 Å². The van der Waals surface area contributed by atoms with Crippen molar-refractivity contribution in [3.8, 4) is 6.07 Å². The normalized spacial score (nSPS) is 11.2. The lowest BCUT2D eigenvalue weighted by Gasteiger charge is -2.14. The molecule has 6 heteroatoms. The van der Waals surface area contributed by atoms with E-state index in [0.717, 1.165) is 0 Å². The quantitative estimate of drug-likeness (QED) is 0.832. The molecular weight excluding hydrogens is 360 g/mol. The van der Waals surface area contributed by atoms with Crippen LogP contribution in [0.3, 0.4) is 0 Å². The molecule has 1 N–H and O–H groups in total. The minimum atomic E-state index is -0.999. The molecule has 0 fully saturated rings. The first-order valence-corrected chi connectivity index (χ1v) is 7.57. The number of esters is 1.